The van der Waals surface area contributed by atoms with E-state index in [0.29, 0.717) is 23.6 Å². The van der Waals surface area contributed by atoms with Crippen LogP contribution in [0.15, 0.2) is 60.7 Å². The van der Waals surface area contributed by atoms with E-state index in [4.69, 9.17) is 9.94 Å². The van der Waals surface area contributed by atoms with Gasteiger partial charge in [0.1, 0.15) is 11.5 Å². The highest BCUT2D eigenvalue weighted by Crippen LogP contribution is 2.23. The second kappa shape index (κ2) is 8.79. The molecule has 1 amide bonds. The minimum Gasteiger partial charge on any atom is -0.464 e. The molecule has 0 atom stereocenters. The highest BCUT2D eigenvalue weighted by Gasteiger charge is 2.19. The molecule has 0 radical (unpaired) electrons. The van der Waals surface area contributed by atoms with Gasteiger partial charge in [-0.1, -0.05) is 54.6 Å². The van der Waals surface area contributed by atoms with Crippen LogP contribution in [0.3, 0.4) is 0 Å². The van der Waals surface area contributed by atoms with Gasteiger partial charge in [-0.25, -0.2) is 15.3 Å². The van der Waals surface area contributed by atoms with Gasteiger partial charge in [-0.3, -0.25) is 10.0 Å². The molecule has 1 heterocycles. The van der Waals surface area contributed by atoms with Gasteiger partial charge >= 0.3 is 5.97 Å². The zero-order valence-corrected chi connectivity index (χ0v) is 15.2. The van der Waals surface area contributed by atoms with Crippen molar-refractivity contribution in [1.29, 1.82) is 0 Å². The molecule has 0 aliphatic heterocycles. The molecule has 3 N–H and O–H groups in total. The summed E-state index contributed by atoms with van der Waals surface area (Å²) in [4.78, 5) is 30.9. The minimum absolute atomic E-state index is 0.305. The average Bonchev–Trinajstić information content (AvgIpc) is 3.16. The van der Waals surface area contributed by atoms with Crippen LogP contribution in [0.25, 0.3) is 17.3 Å². The zero-order chi connectivity index (χ0) is 19.9. The van der Waals surface area contributed by atoms with Crippen LogP contribution in [0.5, 0.6) is 0 Å². The van der Waals surface area contributed by atoms with Crippen molar-refractivity contribution in [1.82, 2.24) is 15.4 Å². The van der Waals surface area contributed by atoms with Crippen LogP contribution < -0.4 is 5.48 Å². The van der Waals surface area contributed by atoms with Crippen molar-refractivity contribution in [2.24, 2.45) is 0 Å². The molecule has 3 aromatic rings. The van der Waals surface area contributed by atoms with Crippen LogP contribution in [-0.4, -0.2) is 34.2 Å². The van der Waals surface area contributed by atoms with Gasteiger partial charge in [0.15, 0.2) is 5.69 Å². The Morgan fingerprint density at radius 1 is 1.18 bits per heavy atom. The third-order valence-electron chi connectivity index (χ3n) is 4.05. The number of nitrogens with one attached hydrogen (secondary N) is 2. The van der Waals surface area contributed by atoms with E-state index < -0.39 is 11.9 Å². The summed E-state index contributed by atoms with van der Waals surface area (Å²) in [5.74, 6) is -0.468. The number of imidazole rings is 1. The van der Waals surface area contributed by atoms with Gasteiger partial charge in [-0.15, -0.1) is 0 Å². The van der Waals surface area contributed by atoms with Crippen molar-refractivity contribution in [3.63, 3.8) is 0 Å². The fraction of sp³-hybridized carbons (Fsp3) is 0.0952. The van der Waals surface area contributed by atoms with Gasteiger partial charge in [0.05, 0.1) is 7.11 Å². The first-order chi connectivity index (χ1) is 13.6. The highest BCUT2D eigenvalue weighted by atomic mass is 16.5. The first-order valence-electron chi connectivity index (χ1n) is 8.54. The third kappa shape index (κ3) is 4.52. The van der Waals surface area contributed by atoms with Crippen molar-refractivity contribution in [2.45, 2.75) is 6.42 Å². The van der Waals surface area contributed by atoms with Crippen LogP contribution in [0, 0.1) is 0 Å². The van der Waals surface area contributed by atoms with Crippen molar-refractivity contribution in [2.75, 3.05) is 7.11 Å². The summed E-state index contributed by atoms with van der Waals surface area (Å²) in [5, 5.41) is 8.55. The molecule has 0 spiro atoms. The van der Waals surface area contributed by atoms with Gasteiger partial charge in [0.25, 0.3) is 5.91 Å². The van der Waals surface area contributed by atoms with Crippen LogP contribution in [-0.2, 0) is 16.0 Å². The fourth-order valence-electron chi connectivity index (χ4n) is 2.77. The molecule has 1 aromatic heterocycles. The first kappa shape index (κ1) is 19.1. The maximum atomic E-state index is 12.1. The standard InChI is InChI=1S/C21H19N3O4/c1-28-21(26)20-19(16-8-3-2-4-9-16)22-17(23-20)13-15-7-5-6-14(12-15)10-11-18(25)24-27/h2-12,27H,13H2,1H3,(H,22,23)(H,24,25)/b11-10+. The lowest BCUT2D eigenvalue weighted by Crippen LogP contribution is -2.14. The number of amides is 1. The Morgan fingerprint density at radius 2 is 1.96 bits per heavy atom. The molecule has 0 aliphatic rings. The van der Waals surface area contributed by atoms with E-state index in [-0.39, 0.29) is 0 Å². The molecule has 28 heavy (non-hydrogen) atoms. The molecule has 0 unspecified atom stereocenters. The Morgan fingerprint density at radius 3 is 2.68 bits per heavy atom. The van der Waals surface area contributed by atoms with E-state index in [9.17, 15) is 9.59 Å². The topological polar surface area (TPSA) is 104 Å². The largest absolute Gasteiger partial charge is 0.464 e. The number of aromatic nitrogens is 2. The molecule has 7 heteroatoms. The van der Waals surface area contributed by atoms with Crippen molar-refractivity contribution in [3.05, 3.63) is 83.3 Å². The molecule has 0 fully saturated rings. The smallest absolute Gasteiger partial charge is 0.356 e. The van der Waals surface area contributed by atoms with E-state index in [2.05, 4.69) is 9.97 Å². The number of benzene rings is 2. The lowest BCUT2D eigenvalue weighted by atomic mass is 10.1. The van der Waals surface area contributed by atoms with Gasteiger partial charge in [0.2, 0.25) is 0 Å². The molecule has 0 saturated heterocycles. The van der Waals surface area contributed by atoms with Gasteiger partial charge in [-0.2, -0.15) is 0 Å². The molecule has 0 saturated carbocycles. The number of nitrogens with zero attached hydrogens (tertiary/aromatic N) is 1. The van der Waals surface area contributed by atoms with E-state index in [0.717, 1.165) is 16.7 Å². The predicted octanol–water partition coefficient (Wildman–Crippen LogP) is 2.97. The van der Waals surface area contributed by atoms with Crippen molar-refractivity contribution < 1.29 is 19.5 Å². The van der Waals surface area contributed by atoms with E-state index in [1.54, 1.807) is 11.6 Å². The van der Waals surface area contributed by atoms with Crippen LogP contribution in [0.2, 0.25) is 0 Å². The molecule has 7 nitrogen and oxygen atoms in total. The summed E-state index contributed by atoms with van der Waals surface area (Å²) in [6.07, 6.45) is 3.28. The minimum atomic E-state index is -0.605. The number of hydrogen-bond acceptors (Lipinski definition) is 5. The third-order valence-corrected chi connectivity index (χ3v) is 4.05. The van der Waals surface area contributed by atoms with Crippen molar-refractivity contribution in [3.8, 4) is 11.3 Å². The number of rotatable bonds is 6. The van der Waals surface area contributed by atoms with E-state index in [1.807, 2.05) is 54.6 Å². The first-order valence-corrected chi connectivity index (χ1v) is 8.54. The number of H-pyrrole nitrogens is 1. The quantitative estimate of drug-likeness (QED) is 0.265. The maximum absolute atomic E-state index is 12.1. The van der Waals surface area contributed by atoms with Crippen molar-refractivity contribution >= 4 is 18.0 Å². The van der Waals surface area contributed by atoms with E-state index in [1.165, 1.54) is 13.2 Å². The van der Waals surface area contributed by atoms with E-state index >= 15 is 0 Å². The Hall–Kier alpha value is -3.71. The zero-order valence-electron chi connectivity index (χ0n) is 15.2. The summed E-state index contributed by atoms with van der Waals surface area (Å²) in [6, 6.07) is 16.9. The summed E-state index contributed by atoms with van der Waals surface area (Å²) >= 11 is 0. The van der Waals surface area contributed by atoms with Crippen LogP contribution in [0.1, 0.15) is 27.4 Å². The number of carbonyl (C=O) groups is 2. The molecule has 2 aromatic carbocycles. The number of aromatic amines is 1. The Balaban J connectivity index is 1.89. The second-order valence-electron chi connectivity index (χ2n) is 6.00. The lowest BCUT2D eigenvalue weighted by Gasteiger charge is -2.01. The fourth-order valence-corrected chi connectivity index (χ4v) is 2.77. The van der Waals surface area contributed by atoms with Gasteiger partial charge in [-0.05, 0) is 17.2 Å². The number of esters is 1. The average molecular weight is 377 g/mol. The molecule has 3 rings (SSSR count). The normalized spacial score (nSPS) is 10.8. The Bertz CT molecular complexity index is 1010. The molecular formula is C21H19N3O4. The Kier molecular flexibility index (Phi) is 5.98. The molecule has 0 bridgehead atoms. The predicted molar refractivity (Wildman–Crippen MR) is 104 cm³/mol. The monoisotopic (exact) mass is 377 g/mol. The lowest BCUT2D eigenvalue weighted by molar-refractivity contribution is -0.124. The second-order valence-corrected chi connectivity index (χ2v) is 6.00. The number of hydroxylamine groups is 1. The molecule has 142 valence electrons. The summed E-state index contributed by atoms with van der Waals surface area (Å²) in [5.41, 5.74) is 4.94. The Labute approximate surface area is 161 Å². The summed E-state index contributed by atoms with van der Waals surface area (Å²) in [7, 11) is 1.33. The maximum Gasteiger partial charge on any atom is 0.356 e. The number of hydrogen-bond donors (Lipinski definition) is 3. The molecular weight excluding hydrogens is 358 g/mol. The SMILES string of the molecule is COC(=O)c1[nH]c(Cc2cccc(/C=C/C(=O)NO)c2)nc1-c1ccccc1. The van der Waals surface area contributed by atoms with Crippen LogP contribution >= 0.6 is 0 Å². The molecule has 0 aliphatic carbocycles. The summed E-state index contributed by atoms with van der Waals surface area (Å²) in [6.45, 7) is 0. The van der Waals surface area contributed by atoms with Gasteiger partial charge in [0, 0.05) is 18.1 Å². The number of carbonyl (C=O) groups excluding carboxylic acids is 2. The van der Waals surface area contributed by atoms with Crippen LogP contribution in [0.4, 0.5) is 0 Å². The number of ether oxygens (including phenoxy) is 1. The highest BCUT2D eigenvalue weighted by molar-refractivity contribution is 5.94. The summed E-state index contributed by atoms with van der Waals surface area (Å²) < 4.78 is 4.87. The number of methoxy groups -OCH3 is 1. The van der Waals surface area contributed by atoms with Gasteiger partial charge < -0.3 is 9.72 Å².